The molecule has 6 atom stereocenters. The van der Waals surface area contributed by atoms with E-state index in [4.69, 9.17) is 5.11 Å². The van der Waals surface area contributed by atoms with Gasteiger partial charge in [0.05, 0.1) is 25.5 Å². The van der Waals surface area contributed by atoms with Crippen LogP contribution in [0.3, 0.4) is 0 Å². The van der Waals surface area contributed by atoms with Crippen molar-refractivity contribution in [3.63, 3.8) is 0 Å². The number of nitrogens with zero attached hydrogens (tertiary/aromatic N) is 3. The molecule has 3 unspecified atom stereocenters. The number of phenols is 1. The third-order valence-corrected chi connectivity index (χ3v) is 8.43. The van der Waals surface area contributed by atoms with Crippen molar-refractivity contribution in [3.8, 4) is 5.75 Å². The van der Waals surface area contributed by atoms with Crippen LogP contribution in [0.25, 0.3) is 0 Å². The Morgan fingerprint density at radius 1 is 1.23 bits per heavy atom. The summed E-state index contributed by atoms with van der Waals surface area (Å²) in [6.07, 6.45) is 6.49. The Kier molecular flexibility index (Phi) is 4.69. The first-order valence-corrected chi connectivity index (χ1v) is 11.1. The Hall–Kier alpha value is -1.96. The van der Waals surface area contributed by atoms with Gasteiger partial charge in [-0.3, -0.25) is 0 Å². The molecular formula is C23H31N3O4. The number of aliphatic hydroxyl groups excluding tert-OH is 2. The molecule has 1 aromatic carbocycles. The highest BCUT2D eigenvalue weighted by Crippen LogP contribution is 2.66. The summed E-state index contributed by atoms with van der Waals surface area (Å²) < 4.78 is 1.51. The van der Waals surface area contributed by atoms with Crippen LogP contribution in [0.1, 0.15) is 61.8 Å². The van der Waals surface area contributed by atoms with Gasteiger partial charge in [0.2, 0.25) is 0 Å². The zero-order valence-corrected chi connectivity index (χ0v) is 17.4. The number of phenolic OH excluding ortho intramolecular Hbond substituents is 1. The van der Waals surface area contributed by atoms with E-state index in [-0.39, 0.29) is 18.6 Å². The summed E-state index contributed by atoms with van der Waals surface area (Å²) in [5, 5.41) is 48.9. The molecule has 30 heavy (non-hydrogen) atoms. The van der Waals surface area contributed by atoms with Crippen molar-refractivity contribution in [2.45, 2.75) is 69.6 Å². The van der Waals surface area contributed by atoms with Crippen LogP contribution in [0, 0.1) is 17.3 Å². The Morgan fingerprint density at radius 3 is 2.87 bits per heavy atom. The molecule has 5 rings (SSSR count). The fourth-order valence-electron chi connectivity index (χ4n) is 6.86. The third-order valence-electron chi connectivity index (χ3n) is 8.43. The molecule has 7 nitrogen and oxygen atoms in total. The molecule has 3 aliphatic rings. The molecular weight excluding hydrogens is 382 g/mol. The SMILES string of the molecule is C[C@]12CCC3c4ccc(O)cc4CC[C@H]3C1CC[C@@]2(O)c1cn(CC(O)CO)nn1. The van der Waals surface area contributed by atoms with E-state index in [0.29, 0.717) is 35.6 Å². The molecule has 2 saturated carbocycles. The van der Waals surface area contributed by atoms with Crippen molar-refractivity contribution in [1.82, 2.24) is 15.0 Å². The molecule has 7 heteroatoms. The van der Waals surface area contributed by atoms with Gasteiger partial charge in [-0.05, 0) is 79.5 Å². The first-order chi connectivity index (χ1) is 14.4. The third kappa shape index (κ3) is 2.82. The summed E-state index contributed by atoms with van der Waals surface area (Å²) in [5.74, 6) is 1.78. The minimum atomic E-state index is -1.03. The molecule has 0 saturated heterocycles. The number of hydrogen-bond acceptors (Lipinski definition) is 6. The summed E-state index contributed by atoms with van der Waals surface area (Å²) in [6, 6.07) is 5.83. The standard InChI is InChI=1S/C23H31N3O4/c1-22-8-6-18-17-5-3-15(28)10-14(17)2-4-19(18)20(22)7-9-23(22,30)21-12-26(25-24-21)11-16(29)13-27/h3,5,10,12,16,18-20,27-30H,2,4,6-9,11,13H2,1H3/t16?,18?,19-,20?,22+,23-/m1/s1. The molecule has 2 aromatic rings. The number of aromatic nitrogens is 3. The lowest BCUT2D eigenvalue weighted by Gasteiger charge is -2.52. The minimum absolute atomic E-state index is 0.161. The fourth-order valence-corrected chi connectivity index (χ4v) is 6.86. The minimum Gasteiger partial charge on any atom is -0.508 e. The first-order valence-electron chi connectivity index (χ1n) is 11.1. The van der Waals surface area contributed by atoms with E-state index in [0.717, 1.165) is 32.1 Å². The van der Waals surface area contributed by atoms with Crippen LogP contribution in [0.15, 0.2) is 24.4 Å². The van der Waals surface area contributed by atoms with Gasteiger partial charge in [0.15, 0.2) is 0 Å². The first kappa shape index (κ1) is 20.0. The van der Waals surface area contributed by atoms with Crippen LogP contribution in [0.2, 0.25) is 0 Å². The summed E-state index contributed by atoms with van der Waals surface area (Å²) in [5.41, 5.74) is 1.94. The van der Waals surface area contributed by atoms with Crippen LogP contribution in [-0.2, 0) is 18.6 Å². The lowest BCUT2D eigenvalue weighted by molar-refractivity contribution is -0.111. The van der Waals surface area contributed by atoms with Crippen LogP contribution in [0.4, 0.5) is 0 Å². The van der Waals surface area contributed by atoms with Gasteiger partial charge >= 0.3 is 0 Å². The molecule has 162 valence electrons. The number of hydrogen-bond donors (Lipinski definition) is 4. The van der Waals surface area contributed by atoms with E-state index in [1.165, 1.54) is 15.8 Å². The van der Waals surface area contributed by atoms with Gasteiger partial charge in [0, 0.05) is 5.41 Å². The van der Waals surface area contributed by atoms with Crippen LogP contribution < -0.4 is 0 Å². The van der Waals surface area contributed by atoms with E-state index in [2.05, 4.69) is 23.3 Å². The van der Waals surface area contributed by atoms with E-state index in [9.17, 15) is 15.3 Å². The number of rotatable bonds is 4. The molecule has 2 fully saturated rings. The second-order valence-corrected chi connectivity index (χ2v) is 9.82. The van der Waals surface area contributed by atoms with E-state index in [1.807, 2.05) is 6.07 Å². The summed E-state index contributed by atoms with van der Waals surface area (Å²) in [4.78, 5) is 0. The van der Waals surface area contributed by atoms with Gasteiger partial charge < -0.3 is 20.4 Å². The second kappa shape index (κ2) is 7.04. The van der Waals surface area contributed by atoms with Crippen LogP contribution >= 0.6 is 0 Å². The van der Waals surface area contributed by atoms with Gasteiger partial charge in [-0.25, -0.2) is 4.68 Å². The molecule has 3 aliphatic carbocycles. The molecule has 0 amide bonds. The highest BCUT2D eigenvalue weighted by atomic mass is 16.3. The maximum Gasteiger partial charge on any atom is 0.116 e. The number of aliphatic hydroxyl groups is 3. The Bertz CT molecular complexity index is 946. The van der Waals surface area contributed by atoms with Crippen molar-refractivity contribution < 1.29 is 20.4 Å². The van der Waals surface area contributed by atoms with Crippen LogP contribution in [0.5, 0.6) is 5.75 Å². The number of fused-ring (bicyclic) bond motifs is 5. The lowest BCUT2D eigenvalue weighted by Crippen LogP contribution is -2.49. The normalized spacial score (nSPS) is 36.1. The van der Waals surface area contributed by atoms with Crippen molar-refractivity contribution in [2.75, 3.05) is 6.61 Å². The largest absolute Gasteiger partial charge is 0.508 e. The smallest absolute Gasteiger partial charge is 0.116 e. The monoisotopic (exact) mass is 413 g/mol. The zero-order valence-electron chi connectivity index (χ0n) is 17.4. The molecule has 4 N–H and O–H groups in total. The highest BCUT2D eigenvalue weighted by Gasteiger charge is 2.63. The average molecular weight is 414 g/mol. The summed E-state index contributed by atoms with van der Waals surface area (Å²) >= 11 is 0. The second-order valence-electron chi connectivity index (χ2n) is 9.82. The highest BCUT2D eigenvalue weighted by molar-refractivity contribution is 5.40. The maximum atomic E-state index is 11.9. The summed E-state index contributed by atoms with van der Waals surface area (Å²) in [6.45, 7) is 2.05. The molecule has 0 aliphatic heterocycles. The average Bonchev–Trinajstić information content (AvgIpc) is 3.31. The van der Waals surface area contributed by atoms with E-state index in [1.54, 1.807) is 12.3 Å². The topological polar surface area (TPSA) is 112 Å². The van der Waals surface area contributed by atoms with Crippen molar-refractivity contribution in [3.05, 3.63) is 41.2 Å². The van der Waals surface area contributed by atoms with Crippen molar-refractivity contribution in [1.29, 1.82) is 0 Å². The Balaban J connectivity index is 1.43. The predicted molar refractivity (Wildman–Crippen MR) is 110 cm³/mol. The maximum absolute atomic E-state index is 11.9. The Labute approximate surface area is 176 Å². The quantitative estimate of drug-likeness (QED) is 0.611. The molecule has 1 heterocycles. The molecule has 0 radical (unpaired) electrons. The van der Waals surface area contributed by atoms with E-state index >= 15 is 0 Å². The van der Waals surface area contributed by atoms with Gasteiger partial charge in [-0.15, -0.1) is 5.10 Å². The number of aromatic hydroxyl groups is 1. The zero-order chi connectivity index (χ0) is 21.1. The van der Waals surface area contributed by atoms with Gasteiger partial charge in [0.25, 0.3) is 0 Å². The number of benzene rings is 1. The van der Waals surface area contributed by atoms with Crippen LogP contribution in [-0.4, -0.2) is 48.1 Å². The molecule has 1 aromatic heterocycles. The van der Waals surface area contributed by atoms with Crippen molar-refractivity contribution >= 4 is 0 Å². The van der Waals surface area contributed by atoms with Gasteiger partial charge in [-0.1, -0.05) is 18.2 Å². The fraction of sp³-hybridized carbons (Fsp3) is 0.652. The molecule has 0 bridgehead atoms. The van der Waals surface area contributed by atoms with Gasteiger partial charge in [0.1, 0.15) is 17.0 Å². The Morgan fingerprint density at radius 2 is 2.07 bits per heavy atom. The number of aryl methyl sites for hydroxylation is 1. The predicted octanol–water partition coefficient (Wildman–Crippen LogP) is 2.08. The lowest BCUT2D eigenvalue weighted by atomic mass is 9.53. The van der Waals surface area contributed by atoms with Crippen molar-refractivity contribution in [2.24, 2.45) is 17.3 Å². The molecule has 0 spiro atoms. The summed E-state index contributed by atoms with van der Waals surface area (Å²) in [7, 11) is 0. The van der Waals surface area contributed by atoms with Gasteiger partial charge in [-0.2, -0.15) is 0 Å². The van der Waals surface area contributed by atoms with E-state index < -0.39 is 11.7 Å².